The fraction of sp³-hybridized carbons (Fsp3) is 0.150. The molecule has 1 aliphatic rings. The van der Waals surface area contributed by atoms with Crippen LogP contribution in [0, 0.1) is 0 Å². The molecular weight excluding hydrogens is 373 g/mol. The van der Waals surface area contributed by atoms with Gasteiger partial charge in [0.1, 0.15) is 5.54 Å². The maximum Gasteiger partial charge on any atom is 0.416 e. The average Bonchev–Trinajstić information content (AvgIpc) is 2.90. The Morgan fingerprint density at radius 3 is 2.21 bits per heavy atom. The number of imide groups is 3. The van der Waals surface area contributed by atoms with Gasteiger partial charge < -0.3 is 5.32 Å². The largest absolute Gasteiger partial charge is 0.416 e. The van der Waals surface area contributed by atoms with Gasteiger partial charge in [-0.15, -0.1) is 0 Å². The van der Waals surface area contributed by atoms with Gasteiger partial charge in [0, 0.05) is 6.08 Å². The zero-order chi connectivity index (χ0) is 20.5. The van der Waals surface area contributed by atoms with Crippen molar-refractivity contribution in [2.75, 3.05) is 0 Å². The van der Waals surface area contributed by atoms with E-state index in [1.807, 2.05) is 0 Å². The van der Waals surface area contributed by atoms with Crippen LogP contribution in [0.15, 0.2) is 60.7 Å². The zero-order valence-electron chi connectivity index (χ0n) is 14.7. The maximum atomic E-state index is 12.7. The number of urea groups is 1. The molecule has 4 amide bonds. The van der Waals surface area contributed by atoms with Crippen LogP contribution in [0.25, 0.3) is 6.08 Å². The lowest BCUT2D eigenvalue weighted by Crippen LogP contribution is -2.41. The number of amides is 4. The quantitative estimate of drug-likeness (QED) is 0.644. The maximum absolute atomic E-state index is 12.7. The Hall–Kier alpha value is -3.42. The molecule has 8 heteroatoms. The number of nitrogens with zero attached hydrogens (tertiary/aromatic N) is 1. The van der Waals surface area contributed by atoms with E-state index in [-0.39, 0.29) is 0 Å². The fourth-order valence-electron chi connectivity index (χ4n) is 2.83. The second-order valence-corrected chi connectivity index (χ2v) is 6.35. The van der Waals surface area contributed by atoms with Crippen LogP contribution in [0.2, 0.25) is 0 Å². The molecule has 1 atom stereocenters. The predicted octanol–water partition coefficient (Wildman–Crippen LogP) is 3.71. The lowest BCUT2D eigenvalue weighted by molar-refractivity contribution is -0.139. The van der Waals surface area contributed by atoms with E-state index in [4.69, 9.17) is 0 Å². The van der Waals surface area contributed by atoms with Crippen LogP contribution >= 0.6 is 0 Å². The summed E-state index contributed by atoms with van der Waals surface area (Å²) >= 11 is 0. The highest BCUT2D eigenvalue weighted by molar-refractivity contribution is 6.21. The first-order chi connectivity index (χ1) is 13.1. The van der Waals surface area contributed by atoms with Crippen molar-refractivity contribution in [3.63, 3.8) is 0 Å². The molecule has 0 spiro atoms. The number of hydrogen-bond donors (Lipinski definition) is 1. The lowest BCUT2D eigenvalue weighted by Gasteiger charge is -2.21. The van der Waals surface area contributed by atoms with Crippen LogP contribution in [-0.4, -0.2) is 22.7 Å². The van der Waals surface area contributed by atoms with Gasteiger partial charge in [-0.05, 0) is 36.3 Å². The highest BCUT2D eigenvalue weighted by Gasteiger charge is 2.51. The first-order valence-electron chi connectivity index (χ1n) is 8.24. The molecule has 0 bridgehead atoms. The normalized spacial score (nSPS) is 19.9. The molecule has 5 nitrogen and oxygen atoms in total. The smallest absolute Gasteiger partial charge is 0.319 e. The Morgan fingerprint density at radius 1 is 1.04 bits per heavy atom. The van der Waals surface area contributed by atoms with Gasteiger partial charge in [0.25, 0.3) is 11.8 Å². The number of carbonyl (C=O) groups is 3. The predicted molar refractivity (Wildman–Crippen MR) is 94.7 cm³/mol. The standard InChI is InChI=1S/C20H15F3N2O3/c1-19(14-5-3-2-4-6-14)17(27)25(18(28)24-19)16(26)12-9-13-7-10-15(11-8-13)20(21,22)23/h2-12H,1H3,(H,24,28)/t19-/m1/s1. The van der Waals surface area contributed by atoms with Crippen LogP contribution in [0.3, 0.4) is 0 Å². The molecule has 0 radical (unpaired) electrons. The lowest BCUT2D eigenvalue weighted by atomic mass is 9.92. The van der Waals surface area contributed by atoms with Gasteiger partial charge in [-0.1, -0.05) is 42.5 Å². The number of carbonyl (C=O) groups excluding carboxylic acids is 3. The van der Waals surface area contributed by atoms with E-state index in [9.17, 15) is 27.6 Å². The molecule has 0 saturated carbocycles. The summed E-state index contributed by atoms with van der Waals surface area (Å²) in [6.45, 7) is 1.50. The number of alkyl halides is 3. The SMILES string of the molecule is C[C@]1(c2ccccc2)NC(=O)N(C(=O)C=Cc2ccc(C(F)(F)F)cc2)C1=O. The molecule has 1 heterocycles. The first-order valence-corrected chi connectivity index (χ1v) is 8.24. The molecule has 1 N–H and O–H groups in total. The zero-order valence-corrected chi connectivity index (χ0v) is 14.7. The van der Waals surface area contributed by atoms with Gasteiger partial charge in [0.05, 0.1) is 5.56 Å². The van der Waals surface area contributed by atoms with Gasteiger partial charge in [-0.2, -0.15) is 18.1 Å². The Labute approximate surface area is 158 Å². The molecule has 1 saturated heterocycles. The molecule has 0 unspecified atom stereocenters. The monoisotopic (exact) mass is 388 g/mol. The second-order valence-electron chi connectivity index (χ2n) is 6.35. The highest BCUT2D eigenvalue weighted by atomic mass is 19.4. The molecule has 0 aliphatic carbocycles. The van der Waals surface area contributed by atoms with Crippen molar-refractivity contribution in [2.24, 2.45) is 0 Å². The van der Waals surface area contributed by atoms with Crippen LogP contribution in [0.4, 0.5) is 18.0 Å². The summed E-state index contributed by atoms with van der Waals surface area (Å²) in [4.78, 5) is 37.7. The molecule has 0 aromatic heterocycles. The van der Waals surface area contributed by atoms with Gasteiger partial charge in [-0.25, -0.2) is 4.79 Å². The van der Waals surface area contributed by atoms with Crippen molar-refractivity contribution in [3.05, 3.63) is 77.4 Å². The molecule has 1 fully saturated rings. The summed E-state index contributed by atoms with van der Waals surface area (Å²) in [6, 6.07) is 11.7. The van der Waals surface area contributed by atoms with E-state index in [2.05, 4.69) is 5.32 Å². The second kappa shape index (κ2) is 6.95. The van der Waals surface area contributed by atoms with Crippen LogP contribution in [0.5, 0.6) is 0 Å². The third-order valence-corrected chi connectivity index (χ3v) is 4.42. The number of hydrogen-bond acceptors (Lipinski definition) is 3. The molecular formula is C20H15F3N2O3. The summed E-state index contributed by atoms with van der Waals surface area (Å²) in [5, 5.41) is 2.51. The van der Waals surface area contributed by atoms with E-state index >= 15 is 0 Å². The summed E-state index contributed by atoms with van der Waals surface area (Å²) < 4.78 is 37.7. The van der Waals surface area contributed by atoms with Gasteiger partial charge in [0.2, 0.25) is 0 Å². The third kappa shape index (κ3) is 3.53. The van der Waals surface area contributed by atoms with Crippen molar-refractivity contribution in [3.8, 4) is 0 Å². The van der Waals surface area contributed by atoms with Crippen molar-refractivity contribution in [1.29, 1.82) is 0 Å². The molecule has 1 aliphatic heterocycles. The molecule has 2 aromatic carbocycles. The summed E-state index contributed by atoms with van der Waals surface area (Å²) in [5.74, 6) is -1.62. The van der Waals surface area contributed by atoms with Gasteiger partial charge in [0.15, 0.2) is 0 Å². The Balaban J connectivity index is 1.78. The van der Waals surface area contributed by atoms with Crippen molar-refractivity contribution in [1.82, 2.24) is 10.2 Å². The van der Waals surface area contributed by atoms with E-state index in [1.165, 1.54) is 25.1 Å². The van der Waals surface area contributed by atoms with Crippen LogP contribution in [-0.2, 0) is 21.3 Å². The molecule has 2 aromatic rings. The minimum Gasteiger partial charge on any atom is -0.319 e. The Bertz CT molecular complexity index is 953. The van der Waals surface area contributed by atoms with E-state index in [0.29, 0.717) is 16.0 Å². The first kappa shape index (κ1) is 19.3. The van der Waals surface area contributed by atoms with Crippen LogP contribution < -0.4 is 5.32 Å². The minimum atomic E-state index is -4.46. The van der Waals surface area contributed by atoms with Gasteiger partial charge in [-0.3, -0.25) is 9.59 Å². The highest BCUT2D eigenvalue weighted by Crippen LogP contribution is 2.30. The minimum absolute atomic E-state index is 0.319. The molecule has 3 rings (SSSR count). The summed E-state index contributed by atoms with van der Waals surface area (Å²) in [5.41, 5.74) is -1.35. The summed E-state index contributed by atoms with van der Waals surface area (Å²) in [7, 11) is 0. The van der Waals surface area contributed by atoms with Crippen molar-refractivity contribution in [2.45, 2.75) is 18.6 Å². The van der Waals surface area contributed by atoms with Crippen molar-refractivity contribution >= 4 is 23.9 Å². The van der Waals surface area contributed by atoms with Gasteiger partial charge >= 0.3 is 12.2 Å². The average molecular weight is 388 g/mol. The van der Waals surface area contributed by atoms with E-state index < -0.39 is 35.1 Å². The topological polar surface area (TPSA) is 66.5 Å². The number of halogens is 3. The molecule has 28 heavy (non-hydrogen) atoms. The number of nitrogens with one attached hydrogen (secondary N) is 1. The fourth-order valence-corrected chi connectivity index (χ4v) is 2.83. The summed E-state index contributed by atoms with van der Waals surface area (Å²) in [6.07, 6.45) is -2.25. The Morgan fingerprint density at radius 2 is 1.64 bits per heavy atom. The van der Waals surface area contributed by atoms with Crippen molar-refractivity contribution < 1.29 is 27.6 Å². The van der Waals surface area contributed by atoms with E-state index in [0.717, 1.165) is 18.2 Å². The number of benzene rings is 2. The van der Waals surface area contributed by atoms with E-state index in [1.54, 1.807) is 30.3 Å². The van der Waals surface area contributed by atoms with Crippen LogP contribution in [0.1, 0.15) is 23.6 Å². The third-order valence-electron chi connectivity index (χ3n) is 4.42. The Kier molecular flexibility index (Phi) is 4.80. The molecule has 144 valence electrons. The number of rotatable bonds is 3.